The maximum absolute atomic E-state index is 2.24. The van der Waals surface area contributed by atoms with Crippen LogP contribution in [0.4, 0.5) is 0 Å². The number of hydrogen-bond donors (Lipinski definition) is 0. The maximum Gasteiger partial charge on any atom is 3.00 e. The molecule has 0 saturated carbocycles. The van der Waals surface area contributed by atoms with Crippen molar-refractivity contribution in [3.8, 4) is 0 Å². The molecule has 0 spiro atoms. The minimum absolute atomic E-state index is 0. The van der Waals surface area contributed by atoms with Gasteiger partial charge in [0.1, 0.15) is 0 Å². The first-order chi connectivity index (χ1) is 13.1. The van der Waals surface area contributed by atoms with Gasteiger partial charge in [-0.1, -0.05) is 68.4 Å². The first-order valence-electron chi connectivity index (χ1n) is 10.1. The van der Waals surface area contributed by atoms with Gasteiger partial charge in [-0.05, 0) is 0 Å². The van der Waals surface area contributed by atoms with Gasteiger partial charge in [0.05, 0.1) is 0 Å². The van der Waals surface area contributed by atoms with Gasteiger partial charge in [-0.3, -0.25) is 0 Å². The Morgan fingerprint density at radius 1 is 0.690 bits per heavy atom. The van der Waals surface area contributed by atoms with E-state index in [1.807, 2.05) is 0 Å². The first kappa shape index (κ1) is 25.4. The molecule has 29 heavy (non-hydrogen) atoms. The molecule has 0 atom stereocenters. The number of fused-ring (bicyclic) bond motifs is 1. The summed E-state index contributed by atoms with van der Waals surface area (Å²) in [5.41, 5.74) is 12.8. The summed E-state index contributed by atoms with van der Waals surface area (Å²) in [6, 6.07) is 17.3. The maximum atomic E-state index is 2.24. The molecular weight excluding hydrogens is 428 g/mol. The second kappa shape index (κ2) is 11.0. The molecule has 151 valence electrons. The van der Waals surface area contributed by atoms with Gasteiger partial charge >= 0.3 is 26.2 Å². The van der Waals surface area contributed by atoms with Crippen LogP contribution in [0.5, 0.6) is 0 Å². The summed E-state index contributed by atoms with van der Waals surface area (Å²) in [4.78, 5) is 0. The Morgan fingerprint density at radius 3 is 1.66 bits per heavy atom. The monoisotopic (exact) mass is 461 g/mol. The molecule has 4 aromatic carbocycles. The fraction of sp³-hybridized carbons (Fsp3) is 0.321. The molecule has 0 N–H and O–H groups in total. The van der Waals surface area contributed by atoms with Crippen molar-refractivity contribution >= 4 is 10.8 Å². The van der Waals surface area contributed by atoms with E-state index in [9.17, 15) is 0 Å². The van der Waals surface area contributed by atoms with Crippen LogP contribution >= 0.6 is 0 Å². The Labute approximate surface area is 197 Å². The van der Waals surface area contributed by atoms with Gasteiger partial charge in [0.15, 0.2) is 0 Å². The van der Waals surface area contributed by atoms with E-state index in [-0.39, 0.29) is 26.2 Å². The first-order valence-corrected chi connectivity index (χ1v) is 10.1. The normalized spacial score (nSPS) is 9.97. The van der Waals surface area contributed by atoms with Gasteiger partial charge in [0.2, 0.25) is 0 Å². The minimum Gasteiger partial charge on any atom is -0.210 e. The van der Waals surface area contributed by atoms with Gasteiger partial charge in [-0.15, -0.1) is 40.6 Å². The number of rotatable bonds is 0. The van der Waals surface area contributed by atoms with Gasteiger partial charge in [-0.2, -0.15) is 56.6 Å². The molecule has 0 nitrogen and oxygen atoms in total. The van der Waals surface area contributed by atoms with Crippen molar-refractivity contribution in [1.82, 2.24) is 0 Å². The third kappa shape index (κ3) is 6.19. The zero-order chi connectivity index (χ0) is 21.0. The van der Waals surface area contributed by atoms with Crippen molar-refractivity contribution < 1.29 is 26.2 Å². The van der Waals surface area contributed by atoms with E-state index >= 15 is 0 Å². The van der Waals surface area contributed by atoms with E-state index in [4.69, 9.17) is 0 Å². The summed E-state index contributed by atoms with van der Waals surface area (Å²) >= 11 is 0. The van der Waals surface area contributed by atoms with Crippen LogP contribution in [-0.4, -0.2) is 0 Å². The van der Waals surface area contributed by atoms with Gasteiger partial charge in [0, 0.05) is 0 Å². The van der Waals surface area contributed by atoms with E-state index in [0.29, 0.717) is 0 Å². The molecule has 0 fully saturated rings. The SMILES string of the molecule is Cc1[cH-]c2ccccc2c1C.Cc1c[c-](C)c(C)c1C.Cc1cc[c-](C)c1C.[Zr+3]. The summed E-state index contributed by atoms with van der Waals surface area (Å²) in [6.07, 6.45) is 0. The number of benzene rings is 1. The molecule has 4 aromatic rings. The molecule has 1 heteroatoms. The average Bonchev–Trinajstić information content (AvgIpc) is 3.22. The molecule has 0 bridgehead atoms. The van der Waals surface area contributed by atoms with Gasteiger partial charge in [0.25, 0.3) is 0 Å². The van der Waals surface area contributed by atoms with Crippen molar-refractivity contribution in [1.29, 1.82) is 0 Å². The van der Waals surface area contributed by atoms with Crippen LogP contribution in [0, 0.1) is 62.3 Å². The van der Waals surface area contributed by atoms with Gasteiger partial charge < -0.3 is 0 Å². The summed E-state index contributed by atoms with van der Waals surface area (Å²) in [5.74, 6) is 0. The quantitative estimate of drug-likeness (QED) is 0.231. The topological polar surface area (TPSA) is 0 Å². The second-order valence-electron chi connectivity index (χ2n) is 8.12. The van der Waals surface area contributed by atoms with Crippen molar-refractivity contribution in [3.05, 3.63) is 98.6 Å². The molecule has 0 unspecified atom stereocenters. The summed E-state index contributed by atoms with van der Waals surface area (Å²) < 4.78 is 0. The number of aryl methyl sites for hydroxylation is 6. The Morgan fingerprint density at radius 2 is 1.31 bits per heavy atom. The molecule has 0 heterocycles. The zero-order valence-corrected chi connectivity index (χ0v) is 22.1. The Balaban J connectivity index is 0.000000217. The van der Waals surface area contributed by atoms with Crippen LogP contribution in [0.1, 0.15) is 50.1 Å². The Kier molecular flexibility index (Phi) is 9.64. The molecule has 1 radical (unpaired) electrons. The fourth-order valence-electron chi connectivity index (χ4n) is 3.46. The fourth-order valence-corrected chi connectivity index (χ4v) is 3.46. The third-order valence-electron chi connectivity index (χ3n) is 6.27. The van der Waals surface area contributed by atoms with E-state index in [1.54, 1.807) is 0 Å². The summed E-state index contributed by atoms with van der Waals surface area (Å²) in [5, 5.41) is 2.76. The number of hydrogen-bond acceptors (Lipinski definition) is 0. The van der Waals surface area contributed by atoms with Crippen molar-refractivity contribution in [2.45, 2.75) is 62.3 Å². The van der Waals surface area contributed by atoms with Crippen LogP contribution in [0.15, 0.2) is 48.5 Å². The standard InChI is InChI=1S/C11H11.C9H13.C8H11.Zr/c1-8-7-10-5-3-4-6-11(10)9(8)2;1-6-5-7(2)9(4)8(6)3;1-6-4-5-7(2)8(6)3;/h3-7H,1-2H3;5H,1-4H3;4-5H,1-3H3;/q3*-1;+3. The van der Waals surface area contributed by atoms with Crippen LogP contribution < -0.4 is 0 Å². The van der Waals surface area contributed by atoms with Crippen LogP contribution in [-0.2, 0) is 26.2 Å². The Hall–Kier alpha value is -1.59. The van der Waals surface area contributed by atoms with E-state index < -0.39 is 0 Å². The minimum atomic E-state index is 0. The van der Waals surface area contributed by atoms with Crippen molar-refractivity contribution in [2.75, 3.05) is 0 Å². The molecule has 0 aliphatic rings. The summed E-state index contributed by atoms with van der Waals surface area (Å²) in [6.45, 7) is 19.5. The summed E-state index contributed by atoms with van der Waals surface area (Å²) in [7, 11) is 0. The molecular formula is C28H35Zr. The van der Waals surface area contributed by atoms with Crippen LogP contribution in [0.3, 0.4) is 0 Å². The van der Waals surface area contributed by atoms with E-state index in [1.165, 1.54) is 60.8 Å². The predicted octanol–water partition coefficient (Wildman–Crippen LogP) is 8.14. The Bertz CT molecular complexity index is 1010. The zero-order valence-electron chi connectivity index (χ0n) is 19.6. The van der Waals surface area contributed by atoms with Crippen LogP contribution in [0.2, 0.25) is 0 Å². The van der Waals surface area contributed by atoms with Crippen molar-refractivity contribution in [2.24, 2.45) is 0 Å². The molecule has 0 amide bonds. The molecule has 0 saturated heterocycles. The second-order valence-corrected chi connectivity index (χ2v) is 8.12. The molecule has 0 aliphatic heterocycles. The van der Waals surface area contributed by atoms with E-state index in [0.717, 1.165) is 0 Å². The van der Waals surface area contributed by atoms with Gasteiger partial charge in [-0.25, -0.2) is 6.07 Å². The molecule has 0 aromatic heterocycles. The average molecular weight is 463 g/mol. The molecule has 4 rings (SSSR count). The largest absolute Gasteiger partial charge is 3.00 e. The van der Waals surface area contributed by atoms with Crippen LogP contribution in [0.25, 0.3) is 10.8 Å². The van der Waals surface area contributed by atoms with E-state index in [2.05, 4.69) is 111 Å². The predicted molar refractivity (Wildman–Crippen MR) is 126 cm³/mol. The molecule has 0 aliphatic carbocycles. The van der Waals surface area contributed by atoms with Crippen molar-refractivity contribution in [3.63, 3.8) is 0 Å². The third-order valence-corrected chi connectivity index (χ3v) is 6.27. The smallest absolute Gasteiger partial charge is 0.210 e.